The molecular formula is C16H19ClF3N7O. The van der Waals surface area contributed by atoms with E-state index in [-0.39, 0.29) is 11.1 Å². The van der Waals surface area contributed by atoms with E-state index in [9.17, 15) is 13.2 Å². The first-order valence-corrected chi connectivity index (χ1v) is 8.88. The summed E-state index contributed by atoms with van der Waals surface area (Å²) in [6, 6.07) is 0.924. The number of anilines is 1. The zero-order valence-corrected chi connectivity index (χ0v) is 16.0. The van der Waals surface area contributed by atoms with Gasteiger partial charge in [-0.15, -0.1) is 0 Å². The average molecular weight is 418 g/mol. The van der Waals surface area contributed by atoms with Crippen molar-refractivity contribution in [2.75, 3.05) is 25.0 Å². The third-order valence-electron chi connectivity index (χ3n) is 4.18. The van der Waals surface area contributed by atoms with Crippen LogP contribution in [0.25, 0.3) is 0 Å². The Morgan fingerprint density at radius 3 is 2.86 bits per heavy atom. The number of hydrogen-bond donors (Lipinski definition) is 2. The molecule has 0 spiro atoms. The smallest absolute Gasteiger partial charge is 0.353 e. The van der Waals surface area contributed by atoms with Crippen LogP contribution >= 0.6 is 11.6 Å². The summed E-state index contributed by atoms with van der Waals surface area (Å²) < 4.78 is 43.3. The SMILES string of the molecule is CN=C(NCc1nc(C)no1)NC1CCN(c2ncc(C(F)(F)F)cc2Cl)C1. The Kier molecular flexibility index (Phi) is 5.92. The second-order valence-electron chi connectivity index (χ2n) is 6.26. The van der Waals surface area contributed by atoms with Gasteiger partial charge in [-0.1, -0.05) is 16.8 Å². The Morgan fingerprint density at radius 2 is 2.25 bits per heavy atom. The maximum atomic E-state index is 12.8. The van der Waals surface area contributed by atoms with Crippen molar-refractivity contribution in [2.24, 2.45) is 4.99 Å². The van der Waals surface area contributed by atoms with Gasteiger partial charge in [0.2, 0.25) is 5.89 Å². The first kappa shape index (κ1) is 20.2. The van der Waals surface area contributed by atoms with Crippen LogP contribution in [0.1, 0.15) is 23.7 Å². The fraction of sp³-hybridized carbons (Fsp3) is 0.500. The van der Waals surface area contributed by atoms with E-state index in [4.69, 9.17) is 16.1 Å². The first-order valence-electron chi connectivity index (χ1n) is 8.50. The summed E-state index contributed by atoms with van der Waals surface area (Å²) in [6.45, 7) is 3.19. The third-order valence-corrected chi connectivity index (χ3v) is 4.46. The van der Waals surface area contributed by atoms with E-state index in [1.54, 1.807) is 14.0 Å². The van der Waals surface area contributed by atoms with Crippen molar-refractivity contribution in [1.82, 2.24) is 25.8 Å². The minimum absolute atomic E-state index is 0.0234. The van der Waals surface area contributed by atoms with Crippen molar-refractivity contribution < 1.29 is 17.7 Å². The molecule has 1 aliphatic rings. The van der Waals surface area contributed by atoms with Crippen molar-refractivity contribution in [2.45, 2.75) is 32.1 Å². The van der Waals surface area contributed by atoms with Crippen LogP contribution in [-0.4, -0.2) is 47.3 Å². The van der Waals surface area contributed by atoms with Gasteiger partial charge in [0, 0.05) is 32.4 Å². The summed E-state index contributed by atoms with van der Waals surface area (Å²) in [6.07, 6.45) is -2.92. The summed E-state index contributed by atoms with van der Waals surface area (Å²) in [5, 5.41) is 10.0. The number of nitrogens with one attached hydrogen (secondary N) is 2. The highest BCUT2D eigenvalue weighted by atomic mass is 35.5. The maximum absolute atomic E-state index is 12.8. The second kappa shape index (κ2) is 8.21. The number of aryl methyl sites for hydroxylation is 1. The predicted molar refractivity (Wildman–Crippen MR) is 97.2 cm³/mol. The van der Waals surface area contributed by atoms with E-state index in [0.717, 1.165) is 18.7 Å². The van der Waals surface area contributed by atoms with Gasteiger partial charge in [0.25, 0.3) is 0 Å². The fourth-order valence-corrected chi connectivity index (χ4v) is 3.13. The predicted octanol–water partition coefficient (Wildman–Crippen LogP) is 2.39. The van der Waals surface area contributed by atoms with Crippen LogP contribution in [0.4, 0.5) is 19.0 Å². The largest absolute Gasteiger partial charge is 0.417 e. The van der Waals surface area contributed by atoms with E-state index in [1.165, 1.54) is 0 Å². The molecule has 1 aliphatic heterocycles. The normalized spacial score (nSPS) is 17.9. The molecule has 2 N–H and O–H groups in total. The zero-order chi connectivity index (χ0) is 20.3. The highest BCUT2D eigenvalue weighted by Gasteiger charge is 2.33. The van der Waals surface area contributed by atoms with Crippen molar-refractivity contribution in [3.8, 4) is 0 Å². The topological polar surface area (TPSA) is 91.5 Å². The molecule has 0 aliphatic carbocycles. The molecular weight excluding hydrogens is 399 g/mol. The quantitative estimate of drug-likeness (QED) is 0.583. The molecule has 2 aromatic rings. The van der Waals surface area contributed by atoms with Gasteiger partial charge >= 0.3 is 6.18 Å². The molecule has 3 heterocycles. The summed E-state index contributed by atoms with van der Waals surface area (Å²) in [5.74, 6) is 1.87. The molecule has 0 saturated carbocycles. The van der Waals surface area contributed by atoms with Crippen LogP contribution in [0.3, 0.4) is 0 Å². The molecule has 152 valence electrons. The number of halogens is 4. The average Bonchev–Trinajstić information content (AvgIpc) is 3.26. The van der Waals surface area contributed by atoms with E-state index in [1.807, 2.05) is 4.90 Å². The third kappa shape index (κ3) is 4.83. The Bertz CT molecular complexity index is 855. The van der Waals surface area contributed by atoms with Crippen molar-refractivity contribution in [3.05, 3.63) is 34.6 Å². The monoisotopic (exact) mass is 417 g/mol. The summed E-state index contributed by atoms with van der Waals surface area (Å²) >= 11 is 6.03. The van der Waals surface area contributed by atoms with Gasteiger partial charge in [0.05, 0.1) is 17.1 Å². The van der Waals surface area contributed by atoms with Crippen LogP contribution in [0.2, 0.25) is 5.02 Å². The Balaban J connectivity index is 1.57. The maximum Gasteiger partial charge on any atom is 0.417 e. The fourth-order valence-electron chi connectivity index (χ4n) is 2.85. The van der Waals surface area contributed by atoms with Gasteiger partial charge in [-0.2, -0.15) is 18.2 Å². The molecule has 0 radical (unpaired) electrons. The zero-order valence-electron chi connectivity index (χ0n) is 15.2. The number of hydrogen-bond acceptors (Lipinski definition) is 6. The Labute approximate surface area is 164 Å². The van der Waals surface area contributed by atoms with Crippen LogP contribution in [0.5, 0.6) is 0 Å². The number of guanidine groups is 1. The molecule has 0 amide bonds. The molecule has 3 rings (SSSR count). The van der Waals surface area contributed by atoms with Gasteiger partial charge in [-0.3, -0.25) is 4.99 Å². The highest BCUT2D eigenvalue weighted by Crippen LogP contribution is 2.34. The van der Waals surface area contributed by atoms with Gasteiger partial charge in [-0.25, -0.2) is 4.98 Å². The molecule has 0 bridgehead atoms. The van der Waals surface area contributed by atoms with Crippen molar-refractivity contribution in [3.63, 3.8) is 0 Å². The molecule has 1 fully saturated rings. The summed E-state index contributed by atoms with van der Waals surface area (Å²) in [4.78, 5) is 14.0. The Hall–Kier alpha value is -2.56. The Morgan fingerprint density at radius 1 is 1.46 bits per heavy atom. The van der Waals surface area contributed by atoms with E-state index >= 15 is 0 Å². The molecule has 1 atom stereocenters. The first-order chi connectivity index (χ1) is 13.3. The number of aromatic nitrogens is 3. The van der Waals surface area contributed by atoms with Gasteiger partial charge < -0.3 is 20.1 Å². The van der Waals surface area contributed by atoms with Gasteiger partial charge in [0.1, 0.15) is 5.82 Å². The lowest BCUT2D eigenvalue weighted by Crippen LogP contribution is -2.44. The lowest BCUT2D eigenvalue weighted by Gasteiger charge is -2.20. The molecule has 2 aromatic heterocycles. The van der Waals surface area contributed by atoms with Gasteiger partial charge in [-0.05, 0) is 19.4 Å². The minimum atomic E-state index is -4.47. The molecule has 28 heavy (non-hydrogen) atoms. The second-order valence-corrected chi connectivity index (χ2v) is 6.67. The van der Waals surface area contributed by atoms with Crippen LogP contribution in [0, 0.1) is 6.92 Å². The lowest BCUT2D eigenvalue weighted by molar-refractivity contribution is -0.137. The van der Waals surface area contributed by atoms with Crippen LogP contribution < -0.4 is 15.5 Å². The molecule has 12 heteroatoms. The van der Waals surface area contributed by atoms with Crippen molar-refractivity contribution in [1.29, 1.82) is 0 Å². The molecule has 8 nitrogen and oxygen atoms in total. The van der Waals surface area contributed by atoms with E-state index in [0.29, 0.717) is 43.1 Å². The molecule has 1 unspecified atom stereocenters. The molecule has 1 saturated heterocycles. The summed E-state index contributed by atoms with van der Waals surface area (Å²) in [7, 11) is 1.63. The van der Waals surface area contributed by atoms with Gasteiger partial charge in [0.15, 0.2) is 11.8 Å². The number of rotatable bonds is 4. The summed E-state index contributed by atoms with van der Waals surface area (Å²) in [5.41, 5.74) is -0.865. The number of aliphatic imine (C=N–C) groups is 1. The number of alkyl halides is 3. The lowest BCUT2D eigenvalue weighted by atomic mass is 10.2. The molecule has 0 aromatic carbocycles. The number of pyridine rings is 1. The van der Waals surface area contributed by atoms with E-state index < -0.39 is 11.7 Å². The van der Waals surface area contributed by atoms with E-state index in [2.05, 4.69) is 30.8 Å². The number of nitrogens with zero attached hydrogens (tertiary/aromatic N) is 5. The van der Waals surface area contributed by atoms with Crippen molar-refractivity contribution >= 4 is 23.4 Å². The van der Waals surface area contributed by atoms with Crippen LogP contribution in [-0.2, 0) is 12.7 Å². The highest BCUT2D eigenvalue weighted by molar-refractivity contribution is 6.33. The standard InChI is InChI=1S/C16H19ClF3N7O/c1-9-24-13(28-26-9)7-23-15(21-2)25-11-3-4-27(8-11)14-12(17)5-10(6-22-14)16(18,19)20/h5-6,11H,3-4,7-8H2,1-2H3,(H2,21,23,25). The van der Waals surface area contributed by atoms with Crippen LogP contribution in [0.15, 0.2) is 21.8 Å². The minimum Gasteiger partial charge on any atom is -0.353 e.